The van der Waals surface area contributed by atoms with E-state index in [2.05, 4.69) is 12.2 Å². The minimum absolute atomic E-state index is 0. The molecule has 1 amide bonds. The molecule has 12 nitrogen and oxygen atoms in total. The Morgan fingerprint density at radius 3 is 2.22 bits per heavy atom. The number of aliphatic hydroxyl groups excluding tert-OH is 1. The summed E-state index contributed by atoms with van der Waals surface area (Å²) in [4.78, 5) is 40.3. The maximum Gasteiger partial charge on any atom is 1.00 e. The molecule has 63 heavy (non-hydrogen) atoms. The van der Waals surface area contributed by atoms with Crippen LogP contribution in [0.1, 0.15) is 144 Å². The van der Waals surface area contributed by atoms with Crippen molar-refractivity contribution in [3.8, 4) is 0 Å². The molecule has 14 heteroatoms. The van der Waals surface area contributed by atoms with Gasteiger partial charge >= 0.3 is 29.6 Å². The fourth-order valence-corrected chi connectivity index (χ4v) is 11.5. The summed E-state index contributed by atoms with van der Waals surface area (Å²) in [5.74, 6) is -8.23. The molecule has 4 fully saturated rings. The summed E-state index contributed by atoms with van der Waals surface area (Å²) in [5, 5.41) is 38.0. The number of rotatable bonds is 14. The monoisotopic (exact) mass is 894 g/mol. The van der Waals surface area contributed by atoms with E-state index < -0.39 is 101 Å². The summed E-state index contributed by atoms with van der Waals surface area (Å²) in [6.45, 7) is 19.3. The standard InChI is InChI=1S/C49H74FNO11.Na/c1-11-33(45(55)56)37-19-18-27(4)42(59-37)31(8)40(52)30(7)41(53)34(12-2)43-28(5)26-29(6)48(60-43)23-20-38(51-44(54)35-16-14-15-17-36(35)50)49(62-48)25-24-46(10,61-49)39-21-22-47(57,13-3)32(9)58-39;/h14-17,20,23,27-34,37-40,42-43,52,57H,11-13,18-19,21-22,24-26H2,1-10H3,(H,51,54)(H,55,56);/q;+1/p-1/t27-,28-,29+,30-,31-,32-,33+,34-,37+,38-,39+,40+,42+,43-,46-,47+,48-,49-;/m0./s1. The second-order valence-corrected chi connectivity index (χ2v) is 19.9. The van der Waals surface area contributed by atoms with Gasteiger partial charge in [0.05, 0.1) is 53.4 Å². The van der Waals surface area contributed by atoms with Crippen LogP contribution in [0.25, 0.3) is 0 Å². The zero-order valence-corrected chi connectivity index (χ0v) is 41.6. The van der Waals surface area contributed by atoms with Gasteiger partial charge in [-0.1, -0.05) is 73.6 Å². The number of carboxylic acids is 1. The number of ketones is 1. The molecule has 3 N–H and O–H groups in total. The molecule has 0 unspecified atom stereocenters. The topological polar surface area (TPSA) is 173 Å². The number of aliphatic hydroxyl groups is 2. The molecule has 1 aromatic rings. The quantitative estimate of drug-likeness (QED) is 0.185. The molecule has 2 spiro atoms. The SMILES string of the molecule is CC[C@@H](C(=O)[C@@H](C)[C@@H](O)[C@H](C)[C@@H]1O[C@@H]([C@@H](CC)C(=O)[O-])CC[C@@H]1C)[C@H]1O[C@]2(C=C[C@H](NC(=O)c3ccccc3F)[C@]3(CC[C@@](C)([C@H]4CC[C@](O)(CC)[C@H](C)O4)O3)O2)[C@H](C)C[C@@H]1C.[Na+]. The van der Waals surface area contributed by atoms with E-state index in [-0.39, 0.29) is 64.8 Å². The van der Waals surface area contributed by atoms with E-state index in [1.165, 1.54) is 18.2 Å². The van der Waals surface area contributed by atoms with Gasteiger partial charge in [0.25, 0.3) is 5.91 Å². The largest absolute Gasteiger partial charge is 1.00 e. The smallest absolute Gasteiger partial charge is 0.550 e. The number of nitrogens with one attached hydrogen (secondary N) is 1. The summed E-state index contributed by atoms with van der Waals surface area (Å²) in [5.41, 5.74) is -1.95. The van der Waals surface area contributed by atoms with Gasteiger partial charge in [0.2, 0.25) is 0 Å². The number of carbonyl (C=O) groups excluding carboxylic acids is 3. The fraction of sp³-hybridized carbons (Fsp3) is 0.776. The minimum atomic E-state index is -1.47. The van der Waals surface area contributed by atoms with Crippen molar-refractivity contribution in [2.45, 2.75) is 199 Å². The van der Waals surface area contributed by atoms with Crippen molar-refractivity contribution in [3.05, 3.63) is 47.8 Å². The maximum atomic E-state index is 14.9. The number of benzene rings is 1. The molecule has 0 aromatic heterocycles. The Kier molecular flexibility index (Phi) is 17.1. The average Bonchev–Trinajstić information content (AvgIpc) is 3.58. The number of amides is 1. The van der Waals surface area contributed by atoms with E-state index in [0.717, 1.165) is 6.42 Å². The molecule has 5 aliphatic rings. The van der Waals surface area contributed by atoms with Crippen LogP contribution in [0.4, 0.5) is 4.39 Å². The van der Waals surface area contributed by atoms with Gasteiger partial charge in [-0.25, -0.2) is 4.39 Å². The van der Waals surface area contributed by atoms with E-state index >= 15 is 0 Å². The molecule has 348 valence electrons. The first kappa shape index (κ1) is 52.2. The van der Waals surface area contributed by atoms with Gasteiger partial charge in [0.15, 0.2) is 11.6 Å². The molecule has 4 saturated heterocycles. The molecule has 0 bridgehead atoms. The molecule has 0 saturated carbocycles. The number of aliphatic carboxylic acids is 1. The maximum absolute atomic E-state index is 14.9. The number of hydrogen-bond acceptors (Lipinski definition) is 11. The molecule has 0 radical (unpaired) electrons. The van der Waals surface area contributed by atoms with Gasteiger partial charge in [-0.05, 0) is 102 Å². The Balaban J connectivity index is 0.00000748. The second-order valence-electron chi connectivity index (χ2n) is 19.9. The van der Waals surface area contributed by atoms with Crippen molar-refractivity contribution in [2.75, 3.05) is 0 Å². The summed E-state index contributed by atoms with van der Waals surface area (Å²) in [6, 6.07) is 4.94. The van der Waals surface area contributed by atoms with Crippen molar-refractivity contribution in [1.29, 1.82) is 0 Å². The van der Waals surface area contributed by atoms with Crippen LogP contribution < -0.4 is 40.0 Å². The van der Waals surface area contributed by atoms with Crippen molar-refractivity contribution >= 4 is 17.7 Å². The van der Waals surface area contributed by atoms with Gasteiger partial charge in [0, 0.05) is 42.0 Å². The van der Waals surface area contributed by atoms with E-state index in [1.54, 1.807) is 26.0 Å². The third-order valence-corrected chi connectivity index (χ3v) is 15.9. The van der Waals surface area contributed by atoms with Gasteiger partial charge in [-0.3, -0.25) is 9.59 Å². The van der Waals surface area contributed by atoms with Crippen LogP contribution >= 0.6 is 0 Å². The Morgan fingerprint density at radius 1 is 0.921 bits per heavy atom. The first-order chi connectivity index (χ1) is 29.2. The fourth-order valence-electron chi connectivity index (χ4n) is 11.5. The van der Waals surface area contributed by atoms with Crippen molar-refractivity contribution in [2.24, 2.45) is 41.4 Å². The first-order valence-electron chi connectivity index (χ1n) is 23.5. The second kappa shape index (κ2) is 20.6. The summed E-state index contributed by atoms with van der Waals surface area (Å²) < 4.78 is 49.3. The van der Waals surface area contributed by atoms with Gasteiger partial charge in [-0.15, -0.1) is 0 Å². The van der Waals surface area contributed by atoms with Crippen molar-refractivity contribution in [3.63, 3.8) is 0 Å². The zero-order chi connectivity index (χ0) is 45.5. The minimum Gasteiger partial charge on any atom is -0.550 e. The predicted octanol–water partition coefficient (Wildman–Crippen LogP) is 3.43. The van der Waals surface area contributed by atoms with Crippen LogP contribution in [-0.4, -0.2) is 93.3 Å². The summed E-state index contributed by atoms with van der Waals surface area (Å²) in [6.07, 6.45) is 5.42. The number of carboxylic acid groups (broad SMARTS) is 1. The molecule has 5 heterocycles. The van der Waals surface area contributed by atoms with E-state index in [4.69, 9.17) is 23.7 Å². The molecule has 5 aliphatic heterocycles. The van der Waals surface area contributed by atoms with E-state index in [0.29, 0.717) is 57.8 Å². The number of ether oxygens (including phenoxy) is 5. The Hall–Kier alpha value is -1.78. The Bertz CT molecular complexity index is 1800. The summed E-state index contributed by atoms with van der Waals surface area (Å²) in [7, 11) is 0. The third-order valence-electron chi connectivity index (χ3n) is 15.9. The Morgan fingerprint density at radius 2 is 1.60 bits per heavy atom. The van der Waals surface area contributed by atoms with Gasteiger partial charge in [0.1, 0.15) is 17.6 Å². The van der Waals surface area contributed by atoms with Crippen molar-refractivity contribution in [1.82, 2.24) is 5.32 Å². The van der Waals surface area contributed by atoms with Gasteiger partial charge in [-0.2, -0.15) is 0 Å². The van der Waals surface area contributed by atoms with Crippen LogP contribution in [0.3, 0.4) is 0 Å². The average molecular weight is 894 g/mol. The van der Waals surface area contributed by atoms with Crippen LogP contribution in [-0.2, 0) is 33.3 Å². The normalized spacial score (nSPS) is 40.4. The van der Waals surface area contributed by atoms with Crippen LogP contribution in [0.2, 0.25) is 0 Å². The van der Waals surface area contributed by atoms with Gasteiger partial charge < -0.3 is 49.1 Å². The van der Waals surface area contributed by atoms with Crippen LogP contribution in [0, 0.1) is 47.2 Å². The zero-order valence-electron chi connectivity index (χ0n) is 39.6. The van der Waals surface area contributed by atoms with E-state index in [1.807, 2.05) is 54.5 Å². The first-order valence-corrected chi connectivity index (χ1v) is 23.5. The number of halogens is 1. The summed E-state index contributed by atoms with van der Waals surface area (Å²) >= 11 is 0. The molecule has 18 atom stereocenters. The molecular formula is C49H73FNNaO11. The predicted molar refractivity (Wildman–Crippen MR) is 228 cm³/mol. The number of carbonyl (C=O) groups is 3. The number of Topliss-reactive ketones (excluding diaryl/α,β-unsaturated/α-hetero) is 1. The Labute approximate surface area is 396 Å². The van der Waals surface area contributed by atoms with Crippen LogP contribution in [0.5, 0.6) is 0 Å². The molecule has 1 aromatic carbocycles. The number of hydrogen-bond donors (Lipinski definition) is 3. The van der Waals surface area contributed by atoms with Crippen LogP contribution in [0.15, 0.2) is 36.4 Å². The van der Waals surface area contributed by atoms with Crippen molar-refractivity contribution < 1.29 is 87.3 Å². The molecule has 6 rings (SSSR count). The van der Waals surface area contributed by atoms with E-state index in [9.17, 15) is 34.1 Å². The third kappa shape index (κ3) is 10.2. The molecule has 0 aliphatic carbocycles. The molecular weight excluding hydrogens is 821 g/mol.